The molecule has 0 aliphatic carbocycles. The summed E-state index contributed by atoms with van der Waals surface area (Å²) >= 11 is 0. The lowest BCUT2D eigenvalue weighted by Crippen LogP contribution is -2.06. The molecule has 3 rings (SSSR count). The first-order valence-electron chi connectivity index (χ1n) is 6.48. The molecule has 0 unspecified atom stereocenters. The zero-order chi connectivity index (χ0) is 15.0. The van der Waals surface area contributed by atoms with Gasteiger partial charge in [-0.15, -0.1) is 10.2 Å². The molecule has 0 saturated carbocycles. The highest BCUT2D eigenvalue weighted by atomic mass is 19.1. The van der Waals surface area contributed by atoms with Gasteiger partial charge in [0.25, 0.3) is 0 Å². The van der Waals surface area contributed by atoms with E-state index in [9.17, 15) is 4.39 Å². The van der Waals surface area contributed by atoms with Gasteiger partial charge in [0.05, 0.1) is 18.3 Å². The molecule has 0 amide bonds. The number of rotatable bonds is 3. The van der Waals surface area contributed by atoms with Gasteiger partial charge in [0.2, 0.25) is 0 Å². The summed E-state index contributed by atoms with van der Waals surface area (Å²) in [5.74, 6) is 1.69. The quantitative estimate of drug-likeness (QED) is 0.796. The highest BCUT2D eigenvalue weighted by Gasteiger charge is 2.16. The van der Waals surface area contributed by atoms with Crippen molar-refractivity contribution < 1.29 is 4.39 Å². The van der Waals surface area contributed by atoms with E-state index in [1.165, 1.54) is 12.1 Å². The molecule has 0 saturated heterocycles. The molecule has 0 aliphatic rings. The molecule has 0 radical (unpaired) electrons. The highest BCUT2D eigenvalue weighted by molar-refractivity contribution is 5.68. The summed E-state index contributed by atoms with van der Waals surface area (Å²) in [6.45, 7) is 2.41. The third-order valence-electron chi connectivity index (χ3n) is 3.42. The van der Waals surface area contributed by atoms with Crippen molar-refractivity contribution in [1.29, 1.82) is 0 Å². The molecule has 2 aromatic heterocycles. The molecule has 108 valence electrons. The number of nitrogens with two attached hydrogens (primary N) is 1. The molecule has 2 heterocycles. The molecular formula is C14H15FN6. The van der Waals surface area contributed by atoms with E-state index in [2.05, 4.69) is 15.3 Å². The first-order valence-corrected chi connectivity index (χ1v) is 6.48. The molecule has 0 fully saturated rings. The Morgan fingerprint density at radius 2 is 1.90 bits per heavy atom. The van der Waals surface area contributed by atoms with Crippen molar-refractivity contribution in [3.05, 3.63) is 47.7 Å². The van der Waals surface area contributed by atoms with Gasteiger partial charge >= 0.3 is 0 Å². The van der Waals surface area contributed by atoms with Crippen LogP contribution in [0.4, 0.5) is 10.2 Å². The van der Waals surface area contributed by atoms with Gasteiger partial charge in [-0.3, -0.25) is 4.68 Å². The Morgan fingerprint density at radius 3 is 2.52 bits per heavy atom. The average molecular weight is 286 g/mol. The van der Waals surface area contributed by atoms with Crippen molar-refractivity contribution in [2.45, 2.75) is 13.5 Å². The van der Waals surface area contributed by atoms with E-state index in [0.29, 0.717) is 18.2 Å². The number of anilines is 1. The van der Waals surface area contributed by atoms with E-state index in [0.717, 1.165) is 17.0 Å². The fraction of sp³-hybridized carbons (Fsp3) is 0.214. The maximum absolute atomic E-state index is 13.0. The highest BCUT2D eigenvalue weighted by Crippen LogP contribution is 2.24. The van der Waals surface area contributed by atoms with E-state index in [-0.39, 0.29) is 5.82 Å². The average Bonchev–Trinajstić information content (AvgIpc) is 2.98. The summed E-state index contributed by atoms with van der Waals surface area (Å²) in [4.78, 5) is 0. The Balaban J connectivity index is 2.01. The van der Waals surface area contributed by atoms with Gasteiger partial charge in [0.1, 0.15) is 17.5 Å². The third-order valence-corrected chi connectivity index (χ3v) is 3.42. The summed E-state index contributed by atoms with van der Waals surface area (Å²) in [6, 6.07) is 6.36. The topological polar surface area (TPSA) is 74.6 Å². The SMILES string of the molecule is Cc1nnc(-c2cnn(C)c2N)n1Cc1ccc(F)cc1. The zero-order valence-corrected chi connectivity index (χ0v) is 11.8. The Bertz CT molecular complexity index is 771. The molecule has 2 N–H and O–H groups in total. The molecular weight excluding hydrogens is 271 g/mol. The second kappa shape index (κ2) is 5.01. The summed E-state index contributed by atoms with van der Waals surface area (Å²) in [7, 11) is 1.77. The normalized spacial score (nSPS) is 11.0. The number of hydrogen-bond donors (Lipinski definition) is 1. The molecule has 21 heavy (non-hydrogen) atoms. The van der Waals surface area contributed by atoms with Crippen molar-refractivity contribution in [2.75, 3.05) is 5.73 Å². The summed E-state index contributed by atoms with van der Waals surface area (Å²) in [6.07, 6.45) is 1.67. The number of aromatic nitrogens is 5. The van der Waals surface area contributed by atoms with Crippen LogP contribution in [0.1, 0.15) is 11.4 Å². The number of halogens is 1. The third kappa shape index (κ3) is 2.37. The van der Waals surface area contributed by atoms with Gasteiger partial charge < -0.3 is 10.3 Å². The van der Waals surface area contributed by atoms with Crippen molar-refractivity contribution in [3.63, 3.8) is 0 Å². The lowest BCUT2D eigenvalue weighted by molar-refractivity contribution is 0.626. The Kier molecular flexibility index (Phi) is 3.17. The second-order valence-corrected chi connectivity index (χ2v) is 4.85. The van der Waals surface area contributed by atoms with Crippen molar-refractivity contribution in [2.24, 2.45) is 7.05 Å². The van der Waals surface area contributed by atoms with Gasteiger partial charge in [0.15, 0.2) is 5.82 Å². The molecule has 0 spiro atoms. The van der Waals surface area contributed by atoms with E-state index in [1.54, 1.807) is 30.1 Å². The lowest BCUT2D eigenvalue weighted by Gasteiger charge is -2.08. The molecule has 0 atom stereocenters. The molecule has 0 aliphatic heterocycles. The number of nitrogens with zero attached hydrogens (tertiary/aromatic N) is 5. The van der Waals surface area contributed by atoms with Gasteiger partial charge in [-0.05, 0) is 24.6 Å². The largest absolute Gasteiger partial charge is 0.383 e. The van der Waals surface area contributed by atoms with Gasteiger partial charge in [-0.2, -0.15) is 5.10 Å². The van der Waals surface area contributed by atoms with Crippen LogP contribution in [0, 0.1) is 12.7 Å². The zero-order valence-electron chi connectivity index (χ0n) is 11.8. The van der Waals surface area contributed by atoms with Crippen LogP contribution in [0.3, 0.4) is 0 Å². The molecule has 3 aromatic rings. The van der Waals surface area contributed by atoms with Crippen molar-refractivity contribution in [3.8, 4) is 11.4 Å². The number of nitrogen functional groups attached to an aromatic ring is 1. The first kappa shape index (κ1) is 13.3. The predicted molar refractivity (Wildman–Crippen MR) is 76.9 cm³/mol. The molecule has 1 aromatic carbocycles. The van der Waals surface area contributed by atoms with E-state index in [1.807, 2.05) is 11.5 Å². The van der Waals surface area contributed by atoms with E-state index < -0.39 is 0 Å². The molecule has 0 bridgehead atoms. The van der Waals surface area contributed by atoms with Crippen LogP contribution >= 0.6 is 0 Å². The Labute approximate surface area is 121 Å². The van der Waals surface area contributed by atoms with Gasteiger partial charge in [-0.1, -0.05) is 12.1 Å². The Hall–Kier alpha value is -2.70. The van der Waals surface area contributed by atoms with Crippen LogP contribution in [-0.2, 0) is 13.6 Å². The van der Waals surface area contributed by atoms with Crippen LogP contribution in [0.5, 0.6) is 0 Å². The first-order chi connectivity index (χ1) is 10.1. The summed E-state index contributed by atoms with van der Waals surface area (Å²) in [5, 5.41) is 12.4. The van der Waals surface area contributed by atoms with Gasteiger partial charge in [0, 0.05) is 7.05 Å². The summed E-state index contributed by atoms with van der Waals surface area (Å²) < 4.78 is 16.5. The predicted octanol–water partition coefficient (Wildman–Crippen LogP) is 1.76. The number of benzene rings is 1. The van der Waals surface area contributed by atoms with E-state index in [4.69, 9.17) is 5.73 Å². The minimum atomic E-state index is -0.254. The lowest BCUT2D eigenvalue weighted by atomic mass is 10.2. The van der Waals surface area contributed by atoms with Crippen LogP contribution in [0.25, 0.3) is 11.4 Å². The number of aryl methyl sites for hydroxylation is 2. The second-order valence-electron chi connectivity index (χ2n) is 4.85. The molecule has 7 heteroatoms. The van der Waals surface area contributed by atoms with Crippen LogP contribution < -0.4 is 5.73 Å². The minimum Gasteiger partial charge on any atom is -0.383 e. The maximum atomic E-state index is 13.0. The fourth-order valence-corrected chi connectivity index (χ4v) is 2.16. The van der Waals surface area contributed by atoms with Crippen LogP contribution in [0.15, 0.2) is 30.5 Å². The molecule has 6 nitrogen and oxygen atoms in total. The van der Waals surface area contributed by atoms with Crippen LogP contribution in [-0.4, -0.2) is 24.5 Å². The van der Waals surface area contributed by atoms with Crippen LogP contribution in [0.2, 0.25) is 0 Å². The standard InChI is InChI=1S/C14H15FN6/c1-9-18-19-14(12-7-17-20(2)13(12)16)21(9)8-10-3-5-11(15)6-4-10/h3-7H,8,16H2,1-2H3. The monoisotopic (exact) mass is 286 g/mol. The maximum Gasteiger partial charge on any atom is 0.169 e. The summed E-state index contributed by atoms with van der Waals surface area (Å²) in [5.41, 5.74) is 7.69. The minimum absolute atomic E-state index is 0.254. The Morgan fingerprint density at radius 1 is 1.19 bits per heavy atom. The smallest absolute Gasteiger partial charge is 0.169 e. The fourth-order valence-electron chi connectivity index (χ4n) is 2.16. The van der Waals surface area contributed by atoms with Gasteiger partial charge in [-0.25, -0.2) is 4.39 Å². The van der Waals surface area contributed by atoms with Crippen molar-refractivity contribution in [1.82, 2.24) is 24.5 Å². The van der Waals surface area contributed by atoms with E-state index >= 15 is 0 Å². The number of hydrogen-bond acceptors (Lipinski definition) is 4. The van der Waals surface area contributed by atoms with Crippen molar-refractivity contribution >= 4 is 5.82 Å².